The molecule has 1 aliphatic heterocycles. The van der Waals surface area contributed by atoms with E-state index in [1.807, 2.05) is 43.3 Å². The topological polar surface area (TPSA) is 44.3 Å². The van der Waals surface area contributed by atoms with Gasteiger partial charge in [-0.1, -0.05) is 41.9 Å². The highest BCUT2D eigenvalue weighted by Crippen LogP contribution is 2.36. The number of hydrogen-bond acceptors (Lipinski definition) is 3. The lowest BCUT2D eigenvalue weighted by Gasteiger charge is -2.13. The van der Waals surface area contributed by atoms with E-state index in [0.717, 1.165) is 28.1 Å². The molecule has 0 bridgehead atoms. The molecule has 1 heterocycles. The lowest BCUT2D eigenvalue weighted by atomic mass is 9.96. The summed E-state index contributed by atoms with van der Waals surface area (Å²) in [7, 11) is 0. The van der Waals surface area contributed by atoms with Gasteiger partial charge in [0.05, 0.1) is 6.04 Å². The summed E-state index contributed by atoms with van der Waals surface area (Å²) in [5.74, 6) is 0.337. The zero-order valence-corrected chi connectivity index (χ0v) is 12.0. The standard InChI is InChI=1S/C16H17ClN2O/c1-10-6-7-12(16(20)8-10)15-9-14(18-19-15)11-4-2-3-5-13(11)17/h2-8,14-15,18-20H,9H2,1H3. The minimum atomic E-state index is 0.0804. The van der Waals surface area contributed by atoms with Gasteiger partial charge in [0.15, 0.2) is 0 Å². The molecule has 2 unspecified atom stereocenters. The van der Waals surface area contributed by atoms with Crippen molar-refractivity contribution in [3.63, 3.8) is 0 Å². The number of hydrazine groups is 1. The lowest BCUT2D eigenvalue weighted by molar-refractivity contribution is 0.453. The minimum absolute atomic E-state index is 0.0804. The number of rotatable bonds is 2. The third-order valence-corrected chi connectivity index (χ3v) is 4.09. The number of phenols is 1. The first-order chi connectivity index (χ1) is 9.65. The second-order valence-electron chi connectivity index (χ2n) is 5.21. The van der Waals surface area contributed by atoms with Crippen LogP contribution < -0.4 is 10.9 Å². The number of phenolic OH excluding ortho intramolecular Hbond substituents is 1. The molecular formula is C16H17ClN2O. The summed E-state index contributed by atoms with van der Waals surface area (Å²) in [6.07, 6.45) is 0.848. The van der Waals surface area contributed by atoms with Crippen molar-refractivity contribution in [2.75, 3.05) is 0 Å². The molecule has 0 amide bonds. The van der Waals surface area contributed by atoms with Gasteiger partial charge in [-0.2, -0.15) is 0 Å². The third-order valence-electron chi connectivity index (χ3n) is 3.75. The van der Waals surface area contributed by atoms with Crippen molar-refractivity contribution < 1.29 is 5.11 Å². The maximum Gasteiger partial charge on any atom is 0.120 e. The van der Waals surface area contributed by atoms with Crippen molar-refractivity contribution in [2.24, 2.45) is 0 Å². The molecule has 2 aromatic rings. The molecule has 0 aliphatic carbocycles. The summed E-state index contributed by atoms with van der Waals surface area (Å²) < 4.78 is 0. The highest BCUT2D eigenvalue weighted by atomic mass is 35.5. The molecule has 0 saturated carbocycles. The predicted octanol–water partition coefficient (Wildman–Crippen LogP) is 3.63. The Morgan fingerprint density at radius 1 is 1.05 bits per heavy atom. The van der Waals surface area contributed by atoms with Gasteiger partial charge in [0.2, 0.25) is 0 Å². The highest BCUT2D eigenvalue weighted by Gasteiger charge is 2.28. The zero-order valence-electron chi connectivity index (χ0n) is 11.2. The number of nitrogens with one attached hydrogen (secondary N) is 2. The van der Waals surface area contributed by atoms with Gasteiger partial charge >= 0.3 is 0 Å². The second-order valence-corrected chi connectivity index (χ2v) is 5.62. The molecule has 3 rings (SSSR count). The first-order valence-corrected chi connectivity index (χ1v) is 7.08. The zero-order chi connectivity index (χ0) is 14.1. The summed E-state index contributed by atoms with van der Waals surface area (Å²) in [4.78, 5) is 0. The summed E-state index contributed by atoms with van der Waals surface area (Å²) in [5.41, 5.74) is 9.55. The Balaban J connectivity index is 1.82. The molecule has 2 aromatic carbocycles. The largest absolute Gasteiger partial charge is 0.508 e. The van der Waals surface area contributed by atoms with E-state index in [-0.39, 0.29) is 12.1 Å². The Morgan fingerprint density at radius 3 is 2.45 bits per heavy atom. The van der Waals surface area contributed by atoms with Crippen LogP contribution in [0, 0.1) is 6.92 Å². The molecule has 3 nitrogen and oxygen atoms in total. The van der Waals surface area contributed by atoms with Crippen LogP contribution in [0.2, 0.25) is 5.02 Å². The van der Waals surface area contributed by atoms with Crippen molar-refractivity contribution in [1.82, 2.24) is 10.9 Å². The van der Waals surface area contributed by atoms with Crippen molar-refractivity contribution >= 4 is 11.6 Å². The highest BCUT2D eigenvalue weighted by molar-refractivity contribution is 6.31. The van der Waals surface area contributed by atoms with E-state index in [4.69, 9.17) is 11.6 Å². The summed E-state index contributed by atoms with van der Waals surface area (Å²) in [5, 5.41) is 10.8. The van der Waals surface area contributed by atoms with Gasteiger partial charge in [-0.25, -0.2) is 10.9 Å². The fraction of sp³-hybridized carbons (Fsp3) is 0.250. The quantitative estimate of drug-likeness (QED) is 0.790. The van der Waals surface area contributed by atoms with Crippen LogP contribution in [-0.4, -0.2) is 5.11 Å². The number of hydrogen-bond donors (Lipinski definition) is 3. The van der Waals surface area contributed by atoms with E-state index in [0.29, 0.717) is 5.75 Å². The van der Waals surface area contributed by atoms with Crippen molar-refractivity contribution in [3.05, 3.63) is 64.2 Å². The van der Waals surface area contributed by atoms with Gasteiger partial charge < -0.3 is 5.11 Å². The van der Waals surface area contributed by atoms with E-state index in [1.165, 1.54) is 0 Å². The van der Waals surface area contributed by atoms with E-state index >= 15 is 0 Å². The smallest absolute Gasteiger partial charge is 0.120 e. The Labute approximate surface area is 123 Å². The van der Waals surface area contributed by atoms with E-state index in [1.54, 1.807) is 6.07 Å². The molecule has 0 aromatic heterocycles. The van der Waals surface area contributed by atoms with Crippen LogP contribution in [-0.2, 0) is 0 Å². The van der Waals surface area contributed by atoms with Gasteiger partial charge in [0.1, 0.15) is 5.75 Å². The van der Waals surface area contributed by atoms with Crippen LogP contribution in [0.5, 0.6) is 5.75 Å². The Kier molecular flexibility index (Phi) is 3.66. The Bertz CT molecular complexity index is 630. The fourth-order valence-corrected chi connectivity index (χ4v) is 2.94. The minimum Gasteiger partial charge on any atom is -0.508 e. The fourth-order valence-electron chi connectivity index (χ4n) is 2.67. The molecule has 2 atom stereocenters. The lowest BCUT2D eigenvalue weighted by Crippen LogP contribution is -2.26. The van der Waals surface area contributed by atoms with E-state index in [2.05, 4.69) is 10.9 Å². The van der Waals surface area contributed by atoms with Crippen molar-refractivity contribution in [2.45, 2.75) is 25.4 Å². The molecule has 1 saturated heterocycles. The molecular weight excluding hydrogens is 272 g/mol. The van der Waals surface area contributed by atoms with Crippen LogP contribution in [0.1, 0.15) is 35.2 Å². The Morgan fingerprint density at radius 2 is 1.75 bits per heavy atom. The van der Waals surface area contributed by atoms with Crippen LogP contribution in [0.25, 0.3) is 0 Å². The molecule has 0 spiro atoms. The van der Waals surface area contributed by atoms with Crippen LogP contribution in [0.15, 0.2) is 42.5 Å². The normalized spacial score (nSPS) is 22.1. The SMILES string of the molecule is Cc1ccc(C2CC(c3ccccc3Cl)NN2)c(O)c1. The van der Waals surface area contributed by atoms with Crippen molar-refractivity contribution in [3.8, 4) is 5.75 Å². The first-order valence-electron chi connectivity index (χ1n) is 6.70. The average Bonchev–Trinajstić information content (AvgIpc) is 2.88. The molecule has 1 fully saturated rings. The van der Waals surface area contributed by atoms with Gasteiger partial charge in [0.25, 0.3) is 0 Å². The summed E-state index contributed by atoms with van der Waals surface area (Å²) in [6, 6.07) is 13.8. The molecule has 1 aliphatic rings. The molecule has 3 N–H and O–H groups in total. The Hall–Kier alpha value is -1.55. The van der Waals surface area contributed by atoms with Gasteiger partial charge in [-0.3, -0.25) is 0 Å². The number of aromatic hydroxyl groups is 1. The third kappa shape index (κ3) is 2.52. The molecule has 20 heavy (non-hydrogen) atoms. The number of aryl methyl sites for hydroxylation is 1. The maximum atomic E-state index is 10.1. The number of benzene rings is 2. The van der Waals surface area contributed by atoms with E-state index < -0.39 is 0 Å². The second kappa shape index (κ2) is 5.44. The van der Waals surface area contributed by atoms with Gasteiger partial charge in [-0.05, 0) is 36.6 Å². The molecule has 4 heteroatoms. The maximum absolute atomic E-state index is 10.1. The predicted molar refractivity (Wildman–Crippen MR) is 80.7 cm³/mol. The van der Waals surface area contributed by atoms with Crippen LogP contribution in [0.3, 0.4) is 0 Å². The van der Waals surface area contributed by atoms with Crippen LogP contribution in [0.4, 0.5) is 0 Å². The summed E-state index contributed by atoms with van der Waals surface area (Å²) >= 11 is 6.23. The monoisotopic (exact) mass is 288 g/mol. The van der Waals surface area contributed by atoms with Crippen LogP contribution >= 0.6 is 11.6 Å². The first kappa shape index (κ1) is 13.4. The molecule has 0 radical (unpaired) electrons. The molecule has 104 valence electrons. The van der Waals surface area contributed by atoms with Crippen molar-refractivity contribution in [1.29, 1.82) is 0 Å². The van der Waals surface area contributed by atoms with Gasteiger partial charge in [-0.15, -0.1) is 0 Å². The number of halogens is 1. The summed E-state index contributed by atoms with van der Waals surface area (Å²) in [6.45, 7) is 1.97. The average molecular weight is 289 g/mol. The van der Waals surface area contributed by atoms with E-state index in [9.17, 15) is 5.11 Å². The van der Waals surface area contributed by atoms with Gasteiger partial charge in [0, 0.05) is 16.6 Å².